The molecule has 2 aromatic carbocycles. The molecular weight excluding hydrogens is 325 g/mol. The van der Waals surface area contributed by atoms with Crippen LogP contribution in [-0.4, -0.2) is 4.98 Å². The summed E-state index contributed by atoms with van der Waals surface area (Å²) in [4.78, 5) is 4.57. The lowest BCUT2D eigenvalue weighted by molar-refractivity contribution is 0.628. The van der Waals surface area contributed by atoms with Gasteiger partial charge in [0.1, 0.15) is 10.8 Å². The van der Waals surface area contributed by atoms with Crippen molar-refractivity contribution in [3.63, 3.8) is 0 Å². The van der Waals surface area contributed by atoms with Crippen LogP contribution in [0.15, 0.2) is 58.4 Å². The molecule has 94 valence electrons. The third kappa shape index (κ3) is 2.60. The van der Waals surface area contributed by atoms with Gasteiger partial charge in [-0.25, -0.2) is 9.37 Å². The van der Waals surface area contributed by atoms with E-state index < -0.39 is 0 Å². The fourth-order valence-corrected chi connectivity index (χ4v) is 3.22. The van der Waals surface area contributed by atoms with Crippen LogP contribution in [0.3, 0.4) is 0 Å². The molecule has 0 N–H and O–H groups in total. The van der Waals surface area contributed by atoms with Gasteiger partial charge >= 0.3 is 0 Å². The van der Waals surface area contributed by atoms with E-state index in [1.54, 1.807) is 6.07 Å². The van der Waals surface area contributed by atoms with Crippen LogP contribution in [0.4, 0.5) is 4.39 Å². The van der Waals surface area contributed by atoms with E-state index in [0.717, 1.165) is 26.3 Å². The second-order valence-electron chi connectivity index (χ2n) is 4.03. The van der Waals surface area contributed by atoms with E-state index in [0.29, 0.717) is 0 Å². The zero-order chi connectivity index (χ0) is 13.2. The molecule has 0 unspecified atom stereocenters. The van der Waals surface area contributed by atoms with Gasteiger partial charge < -0.3 is 0 Å². The molecule has 0 amide bonds. The zero-order valence-electron chi connectivity index (χ0n) is 9.81. The van der Waals surface area contributed by atoms with Crippen molar-refractivity contribution in [2.24, 2.45) is 0 Å². The van der Waals surface area contributed by atoms with E-state index in [1.165, 1.54) is 23.5 Å². The van der Waals surface area contributed by atoms with E-state index in [2.05, 4.69) is 20.9 Å². The Labute approximate surface area is 122 Å². The van der Waals surface area contributed by atoms with Crippen LogP contribution in [0.5, 0.6) is 0 Å². The Morgan fingerprint density at radius 1 is 1.05 bits per heavy atom. The summed E-state index contributed by atoms with van der Waals surface area (Å²) in [6, 6.07) is 14.6. The van der Waals surface area contributed by atoms with Crippen LogP contribution in [-0.2, 0) is 0 Å². The van der Waals surface area contributed by atoms with Gasteiger partial charge in [0, 0.05) is 21.0 Å². The first kappa shape index (κ1) is 12.5. The fraction of sp³-hybridized carbons (Fsp3) is 0. The van der Waals surface area contributed by atoms with E-state index in [9.17, 15) is 4.39 Å². The van der Waals surface area contributed by atoms with Crippen LogP contribution < -0.4 is 0 Å². The Morgan fingerprint density at radius 3 is 2.63 bits per heavy atom. The minimum Gasteiger partial charge on any atom is -0.236 e. The molecule has 0 fully saturated rings. The molecule has 0 bridgehead atoms. The van der Waals surface area contributed by atoms with Gasteiger partial charge in [-0.15, -0.1) is 11.3 Å². The summed E-state index contributed by atoms with van der Waals surface area (Å²) in [5.41, 5.74) is 2.77. The molecule has 0 aliphatic heterocycles. The molecule has 4 heteroatoms. The molecule has 0 saturated carbocycles. The van der Waals surface area contributed by atoms with E-state index in [4.69, 9.17) is 0 Å². The van der Waals surface area contributed by atoms with Crippen molar-refractivity contribution in [1.82, 2.24) is 4.98 Å². The molecule has 0 atom stereocenters. The number of aromatic nitrogens is 1. The first-order valence-electron chi connectivity index (χ1n) is 5.70. The molecular formula is C15H9BrFNS. The molecule has 1 nitrogen and oxygen atoms in total. The summed E-state index contributed by atoms with van der Waals surface area (Å²) in [6.45, 7) is 0. The average Bonchev–Trinajstić information content (AvgIpc) is 2.92. The van der Waals surface area contributed by atoms with Crippen molar-refractivity contribution in [2.75, 3.05) is 0 Å². The number of hydrogen-bond acceptors (Lipinski definition) is 2. The number of nitrogens with zero attached hydrogens (tertiary/aromatic N) is 1. The van der Waals surface area contributed by atoms with Crippen molar-refractivity contribution in [3.8, 4) is 21.8 Å². The molecule has 0 aliphatic rings. The van der Waals surface area contributed by atoms with Crippen molar-refractivity contribution in [3.05, 3.63) is 64.2 Å². The highest BCUT2D eigenvalue weighted by Gasteiger charge is 2.10. The molecule has 0 aliphatic carbocycles. The van der Waals surface area contributed by atoms with Gasteiger partial charge in [0.25, 0.3) is 0 Å². The lowest BCUT2D eigenvalue weighted by atomic mass is 10.2. The van der Waals surface area contributed by atoms with Crippen LogP contribution >= 0.6 is 27.3 Å². The third-order valence-corrected chi connectivity index (χ3v) is 4.30. The Kier molecular flexibility index (Phi) is 3.44. The first-order valence-corrected chi connectivity index (χ1v) is 7.38. The largest absolute Gasteiger partial charge is 0.236 e. The number of benzene rings is 2. The van der Waals surface area contributed by atoms with Crippen LogP contribution in [0, 0.1) is 5.82 Å². The Balaban J connectivity index is 2.04. The molecule has 1 aromatic heterocycles. The standard InChI is InChI=1S/C15H9BrFNS/c16-13-7-6-11(17)8-12(13)15-18-14(9-19-15)10-4-2-1-3-5-10/h1-9H. The maximum absolute atomic E-state index is 13.3. The van der Waals surface area contributed by atoms with E-state index >= 15 is 0 Å². The maximum Gasteiger partial charge on any atom is 0.125 e. The minimum absolute atomic E-state index is 0.255. The number of hydrogen-bond donors (Lipinski definition) is 0. The monoisotopic (exact) mass is 333 g/mol. The molecule has 19 heavy (non-hydrogen) atoms. The van der Waals surface area contributed by atoms with Crippen molar-refractivity contribution >= 4 is 27.3 Å². The summed E-state index contributed by atoms with van der Waals surface area (Å²) in [5, 5.41) is 2.80. The fourth-order valence-electron chi connectivity index (χ4n) is 1.80. The first-order chi connectivity index (χ1) is 9.24. The van der Waals surface area contributed by atoms with Crippen LogP contribution in [0.2, 0.25) is 0 Å². The van der Waals surface area contributed by atoms with Gasteiger partial charge in [0.2, 0.25) is 0 Å². The topological polar surface area (TPSA) is 12.9 Å². The van der Waals surface area contributed by atoms with E-state index in [-0.39, 0.29) is 5.82 Å². The highest BCUT2D eigenvalue weighted by Crippen LogP contribution is 2.33. The Hall–Kier alpha value is -1.52. The highest BCUT2D eigenvalue weighted by molar-refractivity contribution is 9.10. The Morgan fingerprint density at radius 2 is 1.84 bits per heavy atom. The van der Waals surface area contributed by atoms with Gasteiger partial charge in [0.05, 0.1) is 5.69 Å². The second-order valence-corrected chi connectivity index (χ2v) is 5.74. The number of thiazole rings is 1. The highest BCUT2D eigenvalue weighted by atomic mass is 79.9. The Bertz CT molecular complexity index is 709. The normalized spacial score (nSPS) is 10.6. The molecule has 0 spiro atoms. The summed E-state index contributed by atoms with van der Waals surface area (Å²) < 4.78 is 14.2. The summed E-state index contributed by atoms with van der Waals surface area (Å²) in [7, 11) is 0. The quantitative estimate of drug-likeness (QED) is 0.613. The van der Waals surface area contributed by atoms with Gasteiger partial charge in [-0.3, -0.25) is 0 Å². The minimum atomic E-state index is -0.255. The van der Waals surface area contributed by atoms with Crippen LogP contribution in [0.1, 0.15) is 0 Å². The molecule has 3 rings (SSSR count). The summed E-state index contributed by atoms with van der Waals surface area (Å²) >= 11 is 4.95. The van der Waals surface area contributed by atoms with Crippen molar-refractivity contribution in [2.45, 2.75) is 0 Å². The molecule has 0 radical (unpaired) electrons. The van der Waals surface area contributed by atoms with Gasteiger partial charge in [-0.1, -0.05) is 46.3 Å². The lowest BCUT2D eigenvalue weighted by Crippen LogP contribution is -1.82. The molecule has 1 heterocycles. The summed E-state index contributed by atoms with van der Waals surface area (Å²) in [6.07, 6.45) is 0. The average molecular weight is 334 g/mol. The van der Waals surface area contributed by atoms with E-state index in [1.807, 2.05) is 35.7 Å². The maximum atomic E-state index is 13.3. The van der Waals surface area contributed by atoms with Gasteiger partial charge in [-0.05, 0) is 18.2 Å². The summed E-state index contributed by atoms with van der Waals surface area (Å²) in [5.74, 6) is -0.255. The molecule has 3 aromatic rings. The predicted molar refractivity (Wildman–Crippen MR) is 80.6 cm³/mol. The van der Waals surface area contributed by atoms with Crippen molar-refractivity contribution < 1.29 is 4.39 Å². The van der Waals surface area contributed by atoms with Gasteiger partial charge in [-0.2, -0.15) is 0 Å². The van der Waals surface area contributed by atoms with Crippen molar-refractivity contribution in [1.29, 1.82) is 0 Å². The van der Waals surface area contributed by atoms with Crippen LogP contribution in [0.25, 0.3) is 21.8 Å². The lowest BCUT2D eigenvalue weighted by Gasteiger charge is -2.00. The number of halogens is 2. The van der Waals surface area contributed by atoms with Gasteiger partial charge in [0.15, 0.2) is 0 Å². The number of rotatable bonds is 2. The second kappa shape index (κ2) is 5.23. The predicted octanol–water partition coefficient (Wildman–Crippen LogP) is 5.38. The smallest absolute Gasteiger partial charge is 0.125 e. The molecule has 0 saturated heterocycles. The SMILES string of the molecule is Fc1ccc(Br)c(-c2nc(-c3ccccc3)cs2)c1. The zero-order valence-corrected chi connectivity index (χ0v) is 12.2. The third-order valence-electron chi connectivity index (χ3n) is 2.73.